The predicted molar refractivity (Wildman–Crippen MR) is 105 cm³/mol. The first kappa shape index (κ1) is 18.1. The molecule has 0 unspecified atom stereocenters. The van der Waals surface area contributed by atoms with Crippen LogP contribution in [0.2, 0.25) is 5.02 Å². The molecule has 0 saturated carbocycles. The van der Waals surface area contributed by atoms with Gasteiger partial charge in [0.2, 0.25) is 0 Å². The van der Waals surface area contributed by atoms with Crippen molar-refractivity contribution in [1.82, 2.24) is 9.78 Å². The Labute approximate surface area is 156 Å². The van der Waals surface area contributed by atoms with Crippen LogP contribution in [0.1, 0.15) is 36.7 Å². The summed E-state index contributed by atoms with van der Waals surface area (Å²) in [6, 6.07) is 14.0. The zero-order valence-corrected chi connectivity index (χ0v) is 15.3. The number of nitrogens with zero attached hydrogens (tertiary/aromatic N) is 2. The summed E-state index contributed by atoms with van der Waals surface area (Å²) < 4.78 is 1.39. The molecule has 26 heavy (non-hydrogen) atoms. The maximum Gasteiger partial charge on any atom is 0.276 e. The first-order valence-corrected chi connectivity index (χ1v) is 9.05. The molecule has 3 aromatic rings. The highest BCUT2D eigenvalue weighted by Gasteiger charge is 2.17. The molecule has 1 amide bonds. The van der Waals surface area contributed by atoms with Gasteiger partial charge in [0.1, 0.15) is 0 Å². The van der Waals surface area contributed by atoms with Gasteiger partial charge in [-0.1, -0.05) is 61.7 Å². The quantitative estimate of drug-likeness (QED) is 0.651. The van der Waals surface area contributed by atoms with Crippen molar-refractivity contribution in [3.63, 3.8) is 0 Å². The lowest BCUT2D eigenvalue weighted by Crippen LogP contribution is -2.27. The van der Waals surface area contributed by atoms with Crippen molar-refractivity contribution in [2.75, 3.05) is 5.32 Å². The zero-order chi connectivity index (χ0) is 18.5. The second-order valence-corrected chi connectivity index (χ2v) is 6.47. The van der Waals surface area contributed by atoms with Crippen LogP contribution in [0, 0.1) is 0 Å². The van der Waals surface area contributed by atoms with E-state index >= 15 is 0 Å². The highest BCUT2D eigenvalue weighted by Crippen LogP contribution is 2.22. The van der Waals surface area contributed by atoms with Gasteiger partial charge in [-0.15, -0.1) is 0 Å². The molecule has 3 rings (SSSR count). The van der Waals surface area contributed by atoms with Gasteiger partial charge in [-0.2, -0.15) is 5.10 Å². The minimum absolute atomic E-state index is 0.175. The zero-order valence-electron chi connectivity index (χ0n) is 14.5. The highest BCUT2D eigenvalue weighted by atomic mass is 35.5. The molecule has 0 aliphatic carbocycles. The Balaban J connectivity index is 2.03. The van der Waals surface area contributed by atoms with E-state index in [1.54, 1.807) is 48.5 Å². The van der Waals surface area contributed by atoms with E-state index in [4.69, 9.17) is 11.6 Å². The Morgan fingerprint density at radius 3 is 2.50 bits per heavy atom. The van der Waals surface area contributed by atoms with Crippen molar-refractivity contribution < 1.29 is 4.79 Å². The fourth-order valence-corrected chi connectivity index (χ4v) is 2.99. The van der Waals surface area contributed by atoms with Crippen LogP contribution in [-0.2, 0) is 6.54 Å². The third-order valence-electron chi connectivity index (χ3n) is 4.18. The molecule has 1 heterocycles. The van der Waals surface area contributed by atoms with Gasteiger partial charge in [-0.25, -0.2) is 4.68 Å². The number of amides is 1. The summed E-state index contributed by atoms with van der Waals surface area (Å²) in [7, 11) is 0. The number of benzene rings is 2. The van der Waals surface area contributed by atoms with E-state index in [9.17, 15) is 9.59 Å². The van der Waals surface area contributed by atoms with E-state index in [0.717, 1.165) is 19.3 Å². The summed E-state index contributed by atoms with van der Waals surface area (Å²) in [6.07, 6.45) is 2.89. The van der Waals surface area contributed by atoms with Gasteiger partial charge < -0.3 is 5.32 Å². The van der Waals surface area contributed by atoms with Gasteiger partial charge in [-0.3, -0.25) is 9.59 Å². The third kappa shape index (κ3) is 3.78. The number of aryl methyl sites for hydroxylation is 1. The Hall–Kier alpha value is -2.66. The smallest absolute Gasteiger partial charge is 0.276 e. The van der Waals surface area contributed by atoms with Crippen molar-refractivity contribution >= 4 is 34.0 Å². The van der Waals surface area contributed by atoms with Gasteiger partial charge in [0.05, 0.1) is 16.1 Å². The molecule has 0 aliphatic rings. The predicted octanol–water partition coefficient (Wildman–Crippen LogP) is 4.49. The van der Waals surface area contributed by atoms with Gasteiger partial charge in [-0.05, 0) is 24.6 Å². The van der Waals surface area contributed by atoms with Crippen molar-refractivity contribution in [2.45, 2.75) is 32.7 Å². The van der Waals surface area contributed by atoms with E-state index in [-0.39, 0.29) is 11.3 Å². The summed E-state index contributed by atoms with van der Waals surface area (Å²) in [4.78, 5) is 25.5. The Morgan fingerprint density at radius 1 is 1.08 bits per heavy atom. The molecule has 0 spiro atoms. The molecule has 0 atom stereocenters. The molecular weight excluding hydrogens is 350 g/mol. The van der Waals surface area contributed by atoms with E-state index < -0.39 is 5.91 Å². The molecule has 1 N–H and O–H groups in total. The Bertz CT molecular complexity index is 998. The molecule has 0 saturated heterocycles. The number of hydrogen-bond donors (Lipinski definition) is 1. The van der Waals surface area contributed by atoms with Gasteiger partial charge in [0, 0.05) is 11.9 Å². The van der Waals surface area contributed by atoms with Gasteiger partial charge >= 0.3 is 0 Å². The number of carbonyl (C=O) groups is 1. The lowest BCUT2D eigenvalue weighted by molar-refractivity contribution is 0.102. The fraction of sp³-hybridized carbons (Fsp3) is 0.250. The van der Waals surface area contributed by atoms with E-state index in [1.165, 1.54) is 4.68 Å². The maximum absolute atomic E-state index is 12.8. The molecule has 6 heteroatoms. The molecule has 0 fully saturated rings. The summed E-state index contributed by atoms with van der Waals surface area (Å²) >= 11 is 6.12. The minimum atomic E-state index is -0.390. The molecule has 0 bridgehead atoms. The normalized spacial score (nSPS) is 10.8. The van der Waals surface area contributed by atoms with Crippen molar-refractivity contribution in [3.8, 4) is 0 Å². The number of aromatic nitrogens is 2. The second-order valence-electron chi connectivity index (χ2n) is 6.06. The van der Waals surface area contributed by atoms with Crippen molar-refractivity contribution in [1.29, 1.82) is 0 Å². The monoisotopic (exact) mass is 369 g/mol. The molecule has 5 nitrogen and oxygen atoms in total. The number of unbranched alkanes of at least 4 members (excludes halogenated alkanes) is 2. The number of fused-ring (bicyclic) bond motifs is 1. The lowest BCUT2D eigenvalue weighted by Gasteiger charge is -2.12. The average Bonchev–Trinajstić information content (AvgIpc) is 2.65. The Morgan fingerprint density at radius 2 is 1.77 bits per heavy atom. The van der Waals surface area contributed by atoms with E-state index in [2.05, 4.69) is 17.3 Å². The number of nitrogens with one attached hydrogen (secondary N) is 1. The average molecular weight is 370 g/mol. The van der Waals surface area contributed by atoms with Gasteiger partial charge in [0.25, 0.3) is 11.5 Å². The largest absolute Gasteiger partial charge is 0.319 e. The number of carbonyl (C=O) groups excluding carboxylic acids is 1. The molecule has 2 aromatic carbocycles. The second kappa shape index (κ2) is 8.15. The highest BCUT2D eigenvalue weighted by molar-refractivity contribution is 6.34. The lowest BCUT2D eigenvalue weighted by atomic mass is 10.1. The molecule has 0 radical (unpaired) electrons. The third-order valence-corrected chi connectivity index (χ3v) is 4.51. The first-order chi connectivity index (χ1) is 12.6. The topological polar surface area (TPSA) is 64.0 Å². The number of rotatable bonds is 6. The standard InChI is InChI=1S/C20H20ClN3O2/c1-2-3-8-13-24-20(26)15-10-5-4-9-14(15)18(23-24)19(25)22-17-12-7-6-11-16(17)21/h4-7,9-12H,2-3,8,13H2,1H3,(H,22,25). The van der Waals surface area contributed by atoms with Crippen LogP contribution in [0.25, 0.3) is 10.8 Å². The van der Waals surface area contributed by atoms with Crippen molar-refractivity contribution in [3.05, 3.63) is 69.6 Å². The summed E-state index contributed by atoms with van der Waals surface area (Å²) in [6.45, 7) is 2.59. The number of anilines is 1. The fourth-order valence-electron chi connectivity index (χ4n) is 2.81. The van der Waals surface area contributed by atoms with E-state index in [0.29, 0.717) is 28.0 Å². The van der Waals surface area contributed by atoms with Crippen LogP contribution in [0.5, 0.6) is 0 Å². The molecule has 0 aliphatic heterocycles. The number of para-hydroxylation sites is 1. The minimum Gasteiger partial charge on any atom is -0.319 e. The van der Waals surface area contributed by atoms with Crippen LogP contribution in [0.3, 0.4) is 0 Å². The summed E-state index contributed by atoms with van der Waals surface area (Å²) in [5.41, 5.74) is 0.552. The van der Waals surface area contributed by atoms with Crippen LogP contribution >= 0.6 is 11.6 Å². The molecule has 1 aromatic heterocycles. The number of hydrogen-bond acceptors (Lipinski definition) is 3. The summed E-state index contributed by atoms with van der Waals surface area (Å²) in [5.74, 6) is -0.390. The summed E-state index contributed by atoms with van der Waals surface area (Å²) in [5, 5.41) is 8.60. The Kier molecular flexibility index (Phi) is 5.68. The van der Waals surface area contributed by atoms with Crippen LogP contribution in [0.15, 0.2) is 53.3 Å². The SMILES string of the molecule is CCCCCn1nc(C(=O)Nc2ccccc2Cl)c2ccccc2c1=O. The van der Waals surface area contributed by atoms with Crippen LogP contribution < -0.4 is 10.9 Å². The van der Waals surface area contributed by atoms with Crippen molar-refractivity contribution in [2.24, 2.45) is 0 Å². The van der Waals surface area contributed by atoms with Crippen LogP contribution in [0.4, 0.5) is 5.69 Å². The van der Waals surface area contributed by atoms with E-state index in [1.807, 2.05) is 0 Å². The van der Waals surface area contributed by atoms with Crippen LogP contribution in [-0.4, -0.2) is 15.7 Å². The van der Waals surface area contributed by atoms with Gasteiger partial charge in [0.15, 0.2) is 5.69 Å². The molecule has 134 valence electrons. The first-order valence-electron chi connectivity index (χ1n) is 8.67. The number of halogens is 1. The maximum atomic E-state index is 12.8. The molecular formula is C20H20ClN3O2.